The van der Waals surface area contributed by atoms with Crippen molar-refractivity contribution in [1.29, 1.82) is 0 Å². The SMILES string of the molecule is Cc1cc(C)c(C(C)c2cc(-c3ccccc3)c3ccc4c(-c5ccccc5)cc(C(C)c5c(C)cc(C)cc5C)nc4c3n2)c(C)c1.Cc1cc(C)c(C(C)c2cc(-c3ccccc3)c3ccc4c(-c5ccccc5)cc(C(C)c5cc(C)c(C)cc5C)nc4c3n2)cc1C.Cc1ccc(C(C)c2cc(-c3ccccc3)c3ccc4c(-c5ccccc5)cc(C(C)c5ccc(C)cc5C)nc4c3n2)c(C)c1. The number of nitrogens with zero attached hydrogens (tertiary/aromatic N) is 6. The van der Waals surface area contributed by atoms with Crippen molar-refractivity contribution < 1.29 is 0 Å². The van der Waals surface area contributed by atoms with Crippen LogP contribution in [0.5, 0.6) is 0 Å². The second-order valence-corrected chi connectivity index (χ2v) is 40.6. The quantitative estimate of drug-likeness (QED) is 0.0797. The maximum Gasteiger partial charge on any atom is 0.0974 e. The Balaban J connectivity index is 0.000000135. The second kappa shape index (κ2) is 40.2. The summed E-state index contributed by atoms with van der Waals surface area (Å²) in [7, 11) is 0. The third-order valence-corrected chi connectivity index (χ3v) is 30.4. The maximum atomic E-state index is 5.56. The summed E-state index contributed by atoms with van der Waals surface area (Å²) in [6.45, 7) is 49.0. The van der Waals surface area contributed by atoms with Crippen molar-refractivity contribution in [2.75, 3.05) is 0 Å². The van der Waals surface area contributed by atoms with Crippen LogP contribution in [0.1, 0.15) is 234 Å². The van der Waals surface area contributed by atoms with Gasteiger partial charge in [-0.1, -0.05) is 367 Å². The van der Waals surface area contributed by atoms with E-state index in [2.05, 4.69) is 492 Å². The minimum absolute atomic E-state index is 0.111. The van der Waals surface area contributed by atoms with E-state index in [4.69, 9.17) is 29.9 Å². The molecule has 21 rings (SSSR count). The predicted octanol–water partition coefficient (Wildman–Crippen LogP) is 36.2. The van der Waals surface area contributed by atoms with E-state index >= 15 is 0 Å². The number of aryl methyl sites for hydroxylation is 16. The molecule has 0 bridgehead atoms. The molecule has 0 fully saturated rings. The second-order valence-electron chi connectivity index (χ2n) is 40.6. The zero-order valence-corrected chi connectivity index (χ0v) is 86.5. The highest BCUT2D eigenvalue weighted by Gasteiger charge is 2.29. The summed E-state index contributed by atoms with van der Waals surface area (Å²) in [6, 6.07) is 124. The van der Waals surface area contributed by atoms with Crippen molar-refractivity contribution in [2.24, 2.45) is 0 Å². The van der Waals surface area contributed by atoms with Gasteiger partial charge in [0.05, 0.1) is 33.1 Å². The molecule has 0 amide bonds. The first kappa shape index (κ1) is 95.7. The Morgan fingerprint density at radius 2 is 0.331 bits per heavy atom. The number of hydrogen-bond donors (Lipinski definition) is 0. The Labute approximate surface area is 840 Å². The molecule has 15 aromatic carbocycles. The molecule has 0 saturated carbocycles. The number of aromatic nitrogens is 6. The lowest BCUT2D eigenvalue weighted by Gasteiger charge is -2.22. The average molecular weight is 1850 g/mol. The van der Waals surface area contributed by atoms with Crippen LogP contribution in [-0.2, 0) is 0 Å². The van der Waals surface area contributed by atoms with Crippen LogP contribution in [0.25, 0.3) is 132 Å². The largest absolute Gasteiger partial charge is 0.250 e. The van der Waals surface area contributed by atoms with E-state index in [0.29, 0.717) is 0 Å². The van der Waals surface area contributed by atoms with Crippen LogP contribution < -0.4 is 0 Å². The highest BCUT2D eigenvalue weighted by Crippen LogP contribution is 2.47. The van der Waals surface area contributed by atoms with Gasteiger partial charge >= 0.3 is 0 Å². The Morgan fingerprint density at radius 3 is 0.542 bits per heavy atom. The van der Waals surface area contributed by atoms with Crippen molar-refractivity contribution in [3.05, 3.63) is 496 Å². The van der Waals surface area contributed by atoms with Crippen LogP contribution in [0.4, 0.5) is 0 Å². The molecule has 0 saturated heterocycles. The van der Waals surface area contributed by atoms with Crippen LogP contribution in [0, 0.1) is 111 Å². The molecule has 6 nitrogen and oxygen atoms in total. The van der Waals surface area contributed by atoms with Crippen molar-refractivity contribution in [1.82, 2.24) is 29.9 Å². The Bertz CT molecular complexity index is 7870. The fourth-order valence-electron chi connectivity index (χ4n) is 22.7. The molecule has 6 heteroatoms. The fraction of sp³-hybridized carbons (Fsp3) is 0.206. The van der Waals surface area contributed by atoms with Gasteiger partial charge in [-0.2, -0.15) is 0 Å². The molecule has 0 aliphatic rings. The molecule has 0 aliphatic heterocycles. The van der Waals surface area contributed by atoms with Crippen LogP contribution in [0.2, 0.25) is 0 Å². The minimum Gasteiger partial charge on any atom is -0.250 e. The van der Waals surface area contributed by atoms with Gasteiger partial charge in [0.25, 0.3) is 0 Å². The van der Waals surface area contributed by atoms with Crippen LogP contribution in [-0.4, -0.2) is 29.9 Å². The van der Waals surface area contributed by atoms with E-state index in [-0.39, 0.29) is 35.5 Å². The first-order chi connectivity index (χ1) is 68.5. The Morgan fingerprint density at radius 1 is 0.148 bits per heavy atom. The predicted molar refractivity (Wildman–Crippen MR) is 603 cm³/mol. The molecule has 6 unspecified atom stereocenters. The fourth-order valence-corrected chi connectivity index (χ4v) is 22.7. The number of fused-ring (bicyclic) bond motifs is 9. The van der Waals surface area contributed by atoms with E-state index in [1.165, 1.54) is 189 Å². The van der Waals surface area contributed by atoms with Gasteiger partial charge in [-0.3, -0.25) is 0 Å². The maximum absolute atomic E-state index is 5.56. The molecule has 0 aliphatic carbocycles. The summed E-state index contributed by atoms with van der Waals surface area (Å²) in [6.07, 6.45) is 0. The summed E-state index contributed by atoms with van der Waals surface area (Å²) >= 11 is 0. The van der Waals surface area contributed by atoms with Gasteiger partial charge in [-0.15, -0.1) is 0 Å². The summed E-state index contributed by atoms with van der Waals surface area (Å²) in [5.74, 6) is 0.686. The molecule has 142 heavy (non-hydrogen) atoms. The van der Waals surface area contributed by atoms with Gasteiger partial charge in [0.1, 0.15) is 0 Å². The molecule has 0 radical (unpaired) electrons. The molecule has 0 spiro atoms. The van der Waals surface area contributed by atoms with Crippen molar-refractivity contribution in [2.45, 2.75) is 188 Å². The number of pyridine rings is 6. The van der Waals surface area contributed by atoms with Gasteiger partial charge in [-0.05, 0) is 314 Å². The van der Waals surface area contributed by atoms with Crippen molar-refractivity contribution in [3.63, 3.8) is 0 Å². The summed E-state index contributed by atoms with van der Waals surface area (Å²) in [5.41, 5.74) is 55.2. The number of benzene rings is 15. The highest BCUT2D eigenvalue weighted by molar-refractivity contribution is 6.15. The van der Waals surface area contributed by atoms with E-state index < -0.39 is 0 Å². The van der Waals surface area contributed by atoms with E-state index in [9.17, 15) is 0 Å². The molecule has 6 atom stereocenters. The van der Waals surface area contributed by atoms with Gasteiger partial charge in [0.2, 0.25) is 0 Å². The van der Waals surface area contributed by atoms with Crippen LogP contribution >= 0.6 is 0 Å². The van der Waals surface area contributed by atoms with Crippen LogP contribution in [0.3, 0.4) is 0 Å². The summed E-state index contributed by atoms with van der Waals surface area (Å²) < 4.78 is 0. The summed E-state index contributed by atoms with van der Waals surface area (Å²) in [4.78, 5) is 33.2. The van der Waals surface area contributed by atoms with Crippen LogP contribution in [0.15, 0.2) is 340 Å². The number of rotatable bonds is 18. The lowest BCUT2D eigenvalue weighted by molar-refractivity contribution is 0.856. The molecule has 6 aromatic heterocycles. The monoisotopic (exact) mass is 1850 g/mol. The Kier molecular flexibility index (Phi) is 27.1. The molecule has 0 N–H and O–H groups in total. The molecule has 6 heterocycles. The normalized spacial score (nSPS) is 12.8. The van der Waals surface area contributed by atoms with E-state index in [0.717, 1.165) is 99.6 Å². The molecular weight excluding hydrogens is 1720 g/mol. The molecular formula is C136H128N6. The standard InChI is InChI=1S/2C46H44N2.C44H40N2/c1-27-21-31(5)39(23-29(27)3)33(7)43-25-41(35-15-11-9-12-16-35)37-19-20-38-42(36-17-13-10-14-18-36)26-44(48-46(38)45(37)47-43)34(8)40-24-30(4)28(2)22-32(40)6;1-27-21-29(3)43(30(4)22-27)33(7)41-25-39(35-15-11-9-12-16-35)37-19-20-38-40(36-17-13-10-14-18-36)26-42(48-46(38)45(37)47-41)34(8)44-31(5)23-28(2)24-32(44)6;1-27-17-19-35(29(3)23-27)31(5)41-25-39(33-13-9-7-10-14-33)37-21-22-38-40(34-15-11-8-12-16-34)26-42(46-44(38)43(37)45-41)32(6)36-20-18-28(2)24-30(36)4/h2*9-26,33-34H,1-8H3;7-26,31-32H,1-6H3. The average Bonchev–Trinajstić information content (AvgIpc) is 0.742. The third kappa shape index (κ3) is 18.9. The lowest BCUT2D eigenvalue weighted by atomic mass is 9.86. The Hall–Kier alpha value is -15.2. The van der Waals surface area contributed by atoms with Gasteiger partial charge in [-0.25, -0.2) is 29.9 Å². The van der Waals surface area contributed by atoms with E-state index in [1.807, 2.05) is 0 Å². The smallest absolute Gasteiger partial charge is 0.0974 e. The van der Waals surface area contributed by atoms with Crippen molar-refractivity contribution >= 4 is 65.4 Å². The van der Waals surface area contributed by atoms with Gasteiger partial charge < -0.3 is 0 Å². The topological polar surface area (TPSA) is 77.3 Å². The third-order valence-electron chi connectivity index (χ3n) is 30.4. The first-order valence-electron chi connectivity index (χ1n) is 50.6. The van der Waals surface area contributed by atoms with E-state index in [1.54, 1.807) is 0 Å². The first-order valence-corrected chi connectivity index (χ1v) is 50.6. The highest BCUT2D eigenvalue weighted by atomic mass is 14.8. The van der Waals surface area contributed by atoms with Crippen molar-refractivity contribution in [3.8, 4) is 66.8 Å². The zero-order chi connectivity index (χ0) is 99.3. The lowest BCUT2D eigenvalue weighted by Crippen LogP contribution is -2.07. The minimum atomic E-state index is 0.111. The van der Waals surface area contributed by atoms with Gasteiger partial charge in [0.15, 0.2) is 0 Å². The summed E-state index contributed by atoms with van der Waals surface area (Å²) in [5, 5.41) is 6.75. The molecule has 702 valence electrons. The van der Waals surface area contributed by atoms with Gasteiger partial charge in [0, 0.05) is 102 Å². The zero-order valence-electron chi connectivity index (χ0n) is 86.5. The molecule has 21 aromatic rings. The number of hydrogen-bond acceptors (Lipinski definition) is 6.